The molecule has 25 heavy (non-hydrogen) atoms. The van der Waals surface area contributed by atoms with Crippen molar-refractivity contribution >= 4 is 35.1 Å². The number of carbonyl (C=O) groups excluding carboxylic acids is 1. The van der Waals surface area contributed by atoms with E-state index in [0.717, 1.165) is 23.4 Å². The molecule has 0 spiro atoms. The molecule has 1 aliphatic rings. The molecule has 0 radical (unpaired) electrons. The predicted octanol–water partition coefficient (Wildman–Crippen LogP) is 3.13. The van der Waals surface area contributed by atoms with Gasteiger partial charge in [0.1, 0.15) is 0 Å². The van der Waals surface area contributed by atoms with Crippen LogP contribution in [-0.2, 0) is 4.79 Å². The Morgan fingerprint density at radius 2 is 2.28 bits per heavy atom. The number of nitriles is 1. The van der Waals surface area contributed by atoms with Crippen LogP contribution in [0.1, 0.15) is 32.2 Å². The molecule has 1 aromatic heterocycles. The second-order valence-corrected chi connectivity index (χ2v) is 8.18. The maximum atomic E-state index is 12.3. The van der Waals surface area contributed by atoms with Crippen LogP contribution in [0.4, 0.5) is 5.69 Å². The summed E-state index contributed by atoms with van der Waals surface area (Å²) in [5.41, 5.74) is 0.768. The Labute approximate surface area is 154 Å². The first-order valence-electron chi connectivity index (χ1n) is 8.00. The van der Waals surface area contributed by atoms with Gasteiger partial charge in [-0.2, -0.15) is 5.26 Å². The maximum absolute atomic E-state index is 12.3. The largest absolute Gasteiger partial charge is 0.324 e. The number of amides is 1. The van der Waals surface area contributed by atoms with Crippen LogP contribution in [0.15, 0.2) is 34.3 Å². The Hall–Kier alpha value is -2.05. The third kappa shape index (κ3) is 4.96. The Balaban J connectivity index is 1.57. The number of anilines is 1. The molecule has 130 valence electrons. The van der Waals surface area contributed by atoms with E-state index in [2.05, 4.69) is 26.9 Å². The van der Waals surface area contributed by atoms with Crippen LogP contribution in [0.5, 0.6) is 0 Å². The van der Waals surface area contributed by atoms with Crippen molar-refractivity contribution in [3.8, 4) is 6.07 Å². The summed E-state index contributed by atoms with van der Waals surface area (Å²) in [5, 5.41) is 24.2. The van der Waals surface area contributed by atoms with Crippen LogP contribution in [0, 0.1) is 11.3 Å². The minimum absolute atomic E-state index is 0.101. The van der Waals surface area contributed by atoms with Crippen LogP contribution >= 0.6 is 23.5 Å². The molecule has 1 N–H and O–H groups in total. The molecule has 0 saturated heterocycles. The second-order valence-electron chi connectivity index (χ2n) is 5.76. The first-order chi connectivity index (χ1) is 12.2. The average Bonchev–Trinajstić information content (AvgIpc) is 3.33. The molecule has 1 amide bonds. The lowest BCUT2D eigenvalue weighted by Crippen LogP contribution is -2.15. The van der Waals surface area contributed by atoms with Gasteiger partial charge in [-0.1, -0.05) is 30.8 Å². The molecular weight excluding hydrogens is 356 g/mol. The zero-order chi connectivity index (χ0) is 17.6. The van der Waals surface area contributed by atoms with Crippen molar-refractivity contribution in [3.63, 3.8) is 0 Å². The van der Waals surface area contributed by atoms with E-state index in [-0.39, 0.29) is 16.9 Å². The normalized spacial score (nSPS) is 14.7. The minimum atomic E-state index is -0.101. The first-order valence-corrected chi connectivity index (χ1v) is 9.87. The van der Waals surface area contributed by atoms with Crippen LogP contribution in [0.3, 0.4) is 0 Å². The average molecular weight is 374 g/mol. The lowest BCUT2D eigenvalue weighted by Gasteiger charge is -2.13. The van der Waals surface area contributed by atoms with E-state index in [1.165, 1.54) is 11.8 Å². The number of para-hydroxylation sites is 1. The highest BCUT2D eigenvalue weighted by Gasteiger charge is 2.28. The third-order valence-corrected chi connectivity index (χ3v) is 5.67. The molecule has 0 bridgehead atoms. The molecular formula is C16H18N6OS2. The van der Waals surface area contributed by atoms with Crippen molar-refractivity contribution in [1.29, 1.82) is 5.26 Å². The molecule has 1 atom stereocenters. The summed E-state index contributed by atoms with van der Waals surface area (Å²) in [6.07, 6.45) is 2.65. The highest BCUT2D eigenvalue weighted by molar-refractivity contribution is 8.00. The van der Waals surface area contributed by atoms with E-state index in [1.54, 1.807) is 16.4 Å². The van der Waals surface area contributed by atoms with E-state index in [0.29, 0.717) is 17.6 Å². The fourth-order valence-corrected chi connectivity index (χ4v) is 3.94. The van der Waals surface area contributed by atoms with E-state index >= 15 is 0 Å². The van der Waals surface area contributed by atoms with Crippen molar-refractivity contribution < 1.29 is 4.79 Å². The van der Waals surface area contributed by atoms with Crippen LogP contribution in [-0.4, -0.2) is 37.1 Å². The molecule has 1 fully saturated rings. The summed E-state index contributed by atoms with van der Waals surface area (Å²) < 4.78 is 1.80. The SMILES string of the molecule is CC(CC#N)Sc1ccccc1NC(=O)CSc1nnnn1C1CC1. The lowest BCUT2D eigenvalue weighted by molar-refractivity contribution is -0.113. The van der Waals surface area contributed by atoms with Gasteiger partial charge in [0.2, 0.25) is 11.1 Å². The smallest absolute Gasteiger partial charge is 0.234 e. The molecule has 1 heterocycles. The standard InChI is InChI=1S/C16H18N6OS2/c1-11(8-9-17)25-14-5-3-2-4-13(14)18-15(23)10-24-16-19-20-21-22(16)12-6-7-12/h2-5,11-12H,6-8,10H2,1H3,(H,18,23). The van der Waals surface area contributed by atoms with E-state index in [4.69, 9.17) is 5.26 Å². The fraction of sp³-hybridized carbons (Fsp3) is 0.438. The van der Waals surface area contributed by atoms with Crippen LogP contribution in [0.2, 0.25) is 0 Å². The molecule has 1 aliphatic carbocycles. The molecule has 9 heteroatoms. The monoisotopic (exact) mass is 374 g/mol. The molecule has 1 saturated carbocycles. The number of nitrogens with zero attached hydrogens (tertiary/aromatic N) is 5. The minimum Gasteiger partial charge on any atom is -0.324 e. The van der Waals surface area contributed by atoms with Gasteiger partial charge in [-0.05, 0) is 35.4 Å². The second kappa shape index (κ2) is 8.36. The Morgan fingerprint density at radius 3 is 3.04 bits per heavy atom. The first kappa shape index (κ1) is 17.8. The summed E-state index contributed by atoms with van der Waals surface area (Å²) in [5.74, 6) is 0.149. The van der Waals surface area contributed by atoms with Crippen molar-refractivity contribution in [1.82, 2.24) is 20.2 Å². The van der Waals surface area contributed by atoms with Crippen molar-refractivity contribution in [2.75, 3.05) is 11.1 Å². The summed E-state index contributed by atoms with van der Waals surface area (Å²) in [6, 6.07) is 10.2. The number of aromatic nitrogens is 4. The molecule has 2 aromatic rings. The third-order valence-electron chi connectivity index (χ3n) is 3.56. The number of rotatable bonds is 8. The predicted molar refractivity (Wildman–Crippen MR) is 97.4 cm³/mol. The lowest BCUT2D eigenvalue weighted by atomic mass is 10.3. The number of benzene rings is 1. The number of carbonyl (C=O) groups is 1. The highest BCUT2D eigenvalue weighted by Crippen LogP contribution is 2.36. The van der Waals surface area contributed by atoms with Gasteiger partial charge in [-0.25, -0.2) is 4.68 Å². The van der Waals surface area contributed by atoms with Crippen molar-refractivity contribution in [2.45, 2.75) is 47.5 Å². The maximum Gasteiger partial charge on any atom is 0.234 e. The Bertz CT molecular complexity index is 783. The van der Waals surface area contributed by atoms with Gasteiger partial charge in [-0.15, -0.1) is 16.9 Å². The van der Waals surface area contributed by atoms with Gasteiger partial charge in [0, 0.05) is 16.6 Å². The van der Waals surface area contributed by atoms with Gasteiger partial charge < -0.3 is 5.32 Å². The summed E-state index contributed by atoms with van der Waals surface area (Å²) >= 11 is 2.93. The van der Waals surface area contributed by atoms with Gasteiger partial charge in [0.05, 0.1) is 23.6 Å². The number of hydrogen-bond acceptors (Lipinski definition) is 7. The Kier molecular flexibility index (Phi) is 5.94. The summed E-state index contributed by atoms with van der Waals surface area (Å²) in [4.78, 5) is 13.3. The van der Waals surface area contributed by atoms with Crippen LogP contribution < -0.4 is 5.32 Å². The highest BCUT2D eigenvalue weighted by atomic mass is 32.2. The molecule has 7 nitrogen and oxygen atoms in total. The summed E-state index contributed by atoms with van der Waals surface area (Å²) in [7, 11) is 0. The van der Waals surface area contributed by atoms with Crippen LogP contribution in [0.25, 0.3) is 0 Å². The van der Waals surface area contributed by atoms with Gasteiger partial charge in [-0.3, -0.25) is 4.79 Å². The van der Waals surface area contributed by atoms with E-state index in [9.17, 15) is 4.79 Å². The van der Waals surface area contributed by atoms with Gasteiger partial charge in [0.15, 0.2) is 0 Å². The van der Waals surface area contributed by atoms with E-state index in [1.807, 2.05) is 31.2 Å². The van der Waals surface area contributed by atoms with Gasteiger partial charge in [0.25, 0.3) is 0 Å². The molecule has 0 aliphatic heterocycles. The molecule has 1 aromatic carbocycles. The number of thioether (sulfide) groups is 2. The Morgan fingerprint density at radius 1 is 1.48 bits per heavy atom. The van der Waals surface area contributed by atoms with Gasteiger partial charge >= 0.3 is 0 Å². The number of tetrazole rings is 1. The quantitative estimate of drug-likeness (QED) is 0.709. The van der Waals surface area contributed by atoms with Crippen molar-refractivity contribution in [2.24, 2.45) is 0 Å². The molecule has 1 unspecified atom stereocenters. The number of nitrogens with one attached hydrogen (secondary N) is 1. The summed E-state index contributed by atoms with van der Waals surface area (Å²) in [6.45, 7) is 2.00. The van der Waals surface area contributed by atoms with Crippen molar-refractivity contribution in [3.05, 3.63) is 24.3 Å². The zero-order valence-electron chi connectivity index (χ0n) is 13.8. The molecule has 3 rings (SSSR count). The fourth-order valence-electron chi connectivity index (χ4n) is 2.20. The zero-order valence-corrected chi connectivity index (χ0v) is 15.4. The number of hydrogen-bond donors (Lipinski definition) is 1. The topological polar surface area (TPSA) is 96.5 Å². The van der Waals surface area contributed by atoms with E-state index < -0.39 is 0 Å².